The molecule has 2 aromatic heterocycles. The van der Waals surface area contributed by atoms with E-state index in [2.05, 4.69) is 23.0 Å². The number of aromatic nitrogens is 1. The Hall–Kier alpha value is -2.40. The second-order valence-electron chi connectivity index (χ2n) is 6.44. The Balaban J connectivity index is 1.75. The molecule has 4 nitrogen and oxygen atoms in total. The van der Waals surface area contributed by atoms with Crippen LogP contribution in [0.5, 0.6) is 0 Å². The maximum Gasteiger partial charge on any atom is 0.252 e. The van der Waals surface area contributed by atoms with Crippen LogP contribution in [0.1, 0.15) is 39.7 Å². The highest BCUT2D eigenvalue weighted by atomic mass is 32.1. The van der Waals surface area contributed by atoms with Crippen molar-refractivity contribution < 1.29 is 4.79 Å². The van der Waals surface area contributed by atoms with Gasteiger partial charge in [-0.2, -0.15) is 0 Å². The van der Waals surface area contributed by atoms with E-state index in [1.54, 1.807) is 11.3 Å². The van der Waals surface area contributed by atoms with Crippen LogP contribution >= 0.6 is 11.3 Å². The van der Waals surface area contributed by atoms with E-state index < -0.39 is 0 Å². The Kier molecular flexibility index (Phi) is 3.73. The van der Waals surface area contributed by atoms with Crippen molar-refractivity contribution >= 4 is 39.4 Å². The summed E-state index contributed by atoms with van der Waals surface area (Å²) in [6.45, 7) is 2.25. The van der Waals surface area contributed by atoms with E-state index in [0.717, 1.165) is 46.3 Å². The number of H-pyrrole nitrogens is 1. The lowest BCUT2D eigenvalue weighted by Crippen LogP contribution is -2.16. The zero-order valence-electron chi connectivity index (χ0n) is 13.5. The number of nitrogens with one attached hydrogen (secondary N) is 1. The minimum absolute atomic E-state index is 0.367. The molecule has 1 aliphatic rings. The molecule has 1 atom stereocenters. The van der Waals surface area contributed by atoms with Crippen molar-refractivity contribution in [2.75, 3.05) is 0 Å². The summed E-state index contributed by atoms with van der Waals surface area (Å²) in [4.78, 5) is 21.1. The summed E-state index contributed by atoms with van der Waals surface area (Å²) >= 11 is 1.61. The Morgan fingerprint density at radius 2 is 2.25 bits per heavy atom. The highest BCUT2D eigenvalue weighted by Crippen LogP contribution is 2.41. The van der Waals surface area contributed by atoms with Crippen LogP contribution in [0.3, 0.4) is 0 Å². The van der Waals surface area contributed by atoms with E-state index in [9.17, 15) is 4.79 Å². The van der Waals surface area contributed by atoms with E-state index in [1.165, 1.54) is 4.88 Å². The van der Waals surface area contributed by atoms with Crippen molar-refractivity contribution in [3.05, 3.63) is 52.0 Å². The summed E-state index contributed by atoms with van der Waals surface area (Å²) in [6, 6.07) is 8.10. The van der Waals surface area contributed by atoms with Crippen LogP contribution < -0.4 is 5.73 Å². The van der Waals surface area contributed by atoms with Gasteiger partial charge < -0.3 is 10.7 Å². The first-order valence-electron chi connectivity index (χ1n) is 8.18. The summed E-state index contributed by atoms with van der Waals surface area (Å²) in [7, 11) is 0. The predicted molar refractivity (Wildman–Crippen MR) is 99.6 cm³/mol. The number of thiophene rings is 1. The molecule has 3 N–H and O–H groups in total. The number of amides is 1. The predicted octanol–water partition coefficient (Wildman–Crippen LogP) is 4.20. The van der Waals surface area contributed by atoms with Crippen molar-refractivity contribution in [2.45, 2.75) is 26.2 Å². The average Bonchev–Trinajstić information content (AvgIpc) is 3.13. The molecule has 0 spiro atoms. The summed E-state index contributed by atoms with van der Waals surface area (Å²) in [6.07, 6.45) is 6.81. The Bertz CT molecular complexity index is 951. The lowest BCUT2D eigenvalue weighted by Gasteiger charge is -2.18. The Labute approximate surface area is 144 Å². The van der Waals surface area contributed by atoms with Crippen molar-refractivity contribution in [1.82, 2.24) is 4.98 Å². The quantitative estimate of drug-likeness (QED) is 0.691. The van der Waals surface area contributed by atoms with Crippen LogP contribution in [0.2, 0.25) is 0 Å². The van der Waals surface area contributed by atoms with Crippen molar-refractivity contribution in [1.29, 1.82) is 0 Å². The normalized spacial score (nSPS) is 17.5. The molecule has 0 fully saturated rings. The smallest absolute Gasteiger partial charge is 0.252 e. The van der Waals surface area contributed by atoms with Gasteiger partial charge in [-0.1, -0.05) is 25.1 Å². The number of aromatic amines is 1. The number of carbonyl (C=O) groups excluding carboxylic acids is 1. The van der Waals surface area contributed by atoms with Crippen LogP contribution in [0.25, 0.3) is 10.9 Å². The van der Waals surface area contributed by atoms with Gasteiger partial charge in [0.25, 0.3) is 5.91 Å². The number of nitrogens with two attached hydrogens (primary N) is 1. The highest BCUT2D eigenvalue weighted by molar-refractivity contribution is 7.16. The number of carbonyl (C=O) groups is 1. The lowest BCUT2D eigenvalue weighted by atomic mass is 9.88. The molecular formula is C19H19N3OS. The lowest BCUT2D eigenvalue weighted by molar-refractivity contribution is 0.1000. The zero-order chi connectivity index (χ0) is 16.7. The number of rotatable bonds is 3. The van der Waals surface area contributed by atoms with Crippen LogP contribution in [0.15, 0.2) is 35.5 Å². The molecule has 0 aliphatic heterocycles. The minimum atomic E-state index is -0.367. The third kappa shape index (κ3) is 2.55. The maximum absolute atomic E-state index is 12.0. The van der Waals surface area contributed by atoms with E-state index in [0.29, 0.717) is 11.5 Å². The molecule has 1 unspecified atom stereocenters. The molecule has 1 aliphatic carbocycles. The highest BCUT2D eigenvalue weighted by Gasteiger charge is 2.26. The molecule has 122 valence electrons. The van der Waals surface area contributed by atoms with Gasteiger partial charge in [-0.25, -0.2) is 4.99 Å². The second kappa shape index (κ2) is 5.91. The second-order valence-corrected chi connectivity index (χ2v) is 7.53. The Morgan fingerprint density at radius 1 is 1.42 bits per heavy atom. The van der Waals surface area contributed by atoms with E-state index in [1.807, 2.05) is 30.6 Å². The number of fused-ring (bicyclic) bond motifs is 2. The van der Waals surface area contributed by atoms with Crippen LogP contribution in [0, 0.1) is 5.92 Å². The first kappa shape index (κ1) is 15.1. The van der Waals surface area contributed by atoms with Crippen molar-refractivity contribution in [2.24, 2.45) is 16.6 Å². The van der Waals surface area contributed by atoms with Gasteiger partial charge in [0.2, 0.25) is 0 Å². The largest absolute Gasteiger partial charge is 0.365 e. The third-order valence-corrected chi connectivity index (χ3v) is 5.84. The third-order valence-electron chi connectivity index (χ3n) is 4.68. The summed E-state index contributed by atoms with van der Waals surface area (Å²) in [5.41, 5.74) is 9.48. The number of aliphatic imine (C=N–C) groups is 1. The fraction of sp³-hybridized carbons (Fsp3) is 0.263. The van der Waals surface area contributed by atoms with Gasteiger partial charge in [0, 0.05) is 33.8 Å². The fourth-order valence-electron chi connectivity index (χ4n) is 3.41. The molecule has 0 radical (unpaired) electrons. The number of nitrogens with zero attached hydrogens (tertiary/aromatic N) is 1. The maximum atomic E-state index is 12.0. The Morgan fingerprint density at radius 3 is 3.08 bits per heavy atom. The van der Waals surface area contributed by atoms with Crippen LogP contribution in [-0.2, 0) is 12.8 Å². The van der Waals surface area contributed by atoms with Gasteiger partial charge >= 0.3 is 0 Å². The zero-order valence-corrected chi connectivity index (χ0v) is 14.3. The van der Waals surface area contributed by atoms with Gasteiger partial charge in [-0.3, -0.25) is 4.79 Å². The van der Waals surface area contributed by atoms with E-state index in [4.69, 9.17) is 5.73 Å². The molecule has 1 aromatic carbocycles. The molecule has 0 saturated carbocycles. The van der Waals surface area contributed by atoms with Gasteiger partial charge in [0.05, 0.1) is 5.56 Å². The number of primary amides is 1. The molecule has 0 bridgehead atoms. The summed E-state index contributed by atoms with van der Waals surface area (Å²) < 4.78 is 0. The topological polar surface area (TPSA) is 71.2 Å². The average molecular weight is 337 g/mol. The molecule has 0 saturated heterocycles. The number of hydrogen-bond acceptors (Lipinski definition) is 3. The number of hydrogen-bond donors (Lipinski definition) is 2. The monoisotopic (exact) mass is 337 g/mol. The molecule has 5 heteroatoms. The fourth-order valence-corrected chi connectivity index (χ4v) is 4.77. The first-order valence-corrected chi connectivity index (χ1v) is 8.99. The molecule has 3 aromatic rings. The van der Waals surface area contributed by atoms with Crippen molar-refractivity contribution in [3.63, 3.8) is 0 Å². The van der Waals surface area contributed by atoms with Crippen LogP contribution in [0.4, 0.5) is 5.00 Å². The first-order chi connectivity index (χ1) is 11.6. The van der Waals surface area contributed by atoms with Gasteiger partial charge in [0.15, 0.2) is 0 Å². The molecule has 4 rings (SSSR count). The van der Waals surface area contributed by atoms with Crippen molar-refractivity contribution in [3.8, 4) is 0 Å². The molecular weight excluding hydrogens is 318 g/mol. The molecule has 24 heavy (non-hydrogen) atoms. The minimum Gasteiger partial charge on any atom is -0.365 e. The molecule has 2 heterocycles. The van der Waals surface area contributed by atoms with Gasteiger partial charge in [-0.05, 0) is 36.8 Å². The van der Waals surface area contributed by atoms with E-state index >= 15 is 0 Å². The summed E-state index contributed by atoms with van der Waals surface area (Å²) in [5.74, 6) is 0.287. The molecule has 1 amide bonds. The standard InChI is InChI=1S/C19H19N3OS/c1-11-6-7-14-16(8-11)24-19(17(14)18(20)23)22-10-12-9-21-15-5-3-2-4-13(12)15/h2-5,9-11,21H,6-8H2,1H3,(H2,20,23)/b22-10+. The van der Waals surface area contributed by atoms with Gasteiger partial charge in [0.1, 0.15) is 5.00 Å². The van der Waals surface area contributed by atoms with Crippen LogP contribution in [-0.4, -0.2) is 17.1 Å². The van der Waals surface area contributed by atoms with Gasteiger partial charge in [-0.15, -0.1) is 11.3 Å². The SMILES string of the molecule is CC1CCc2c(sc(/N=C/c3c[nH]c4ccccc34)c2C(N)=O)C1. The number of para-hydroxylation sites is 1. The van der Waals surface area contributed by atoms with E-state index in [-0.39, 0.29) is 5.91 Å². The summed E-state index contributed by atoms with van der Waals surface area (Å²) in [5, 5.41) is 1.86. The number of benzene rings is 1.